The Morgan fingerprint density at radius 2 is 2.07 bits per heavy atom. The molecule has 4 heteroatoms. The average Bonchev–Trinajstić information content (AvgIpc) is 2.29. The summed E-state index contributed by atoms with van der Waals surface area (Å²) in [4.78, 5) is 0. The molecular weight excluding hydrogens is 192 g/mol. The van der Waals surface area contributed by atoms with E-state index in [-0.39, 0.29) is 6.04 Å². The van der Waals surface area contributed by atoms with Crippen LogP contribution in [0.5, 0.6) is 11.5 Å². The van der Waals surface area contributed by atoms with Crippen LogP contribution in [0, 0.1) is 0 Å². The maximum atomic E-state index is 5.54. The molecule has 0 aliphatic heterocycles. The molecule has 84 valence electrons. The van der Waals surface area contributed by atoms with Gasteiger partial charge in [0, 0.05) is 18.7 Å². The Balaban J connectivity index is 2.87. The highest BCUT2D eigenvalue weighted by Crippen LogP contribution is 2.29. The fraction of sp³-hybridized carbons (Fsp3) is 0.455. The van der Waals surface area contributed by atoms with Gasteiger partial charge in [-0.25, -0.2) is 0 Å². The predicted molar refractivity (Wildman–Crippen MR) is 61.7 cm³/mol. The molecule has 0 heterocycles. The summed E-state index contributed by atoms with van der Waals surface area (Å²) in [5, 5.41) is 3.26. The molecule has 0 saturated heterocycles. The highest BCUT2D eigenvalue weighted by Gasteiger charge is 2.06. The summed E-state index contributed by atoms with van der Waals surface area (Å²) in [6.07, 6.45) is 0. The Hall–Kier alpha value is -1.42. The van der Waals surface area contributed by atoms with Crippen molar-refractivity contribution in [3.63, 3.8) is 0 Å². The number of rotatable bonds is 5. The van der Waals surface area contributed by atoms with E-state index in [9.17, 15) is 0 Å². The zero-order valence-electron chi connectivity index (χ0n) is 9.41. The number of nitrogens with one attached hydrogen (secondary N) is 1. The molecule has 0 spiro atoms. The second-order valence-corrected chi connectivity index (χ2v) is 3.35. The van der Waals surface area contributed by atoms with Crippen LogP contribution in [0.4, 0.5) is 5.69 Å². The zero-order chi connectivity index (χ0) is 11.3. The van der Waals surface area contributed by atoms with Crippen LogP contribution in [0.3, 0.4) is 0 Å². The van der Waals surface area contributed by atoms with E-state index in [1.165, 1.54) is 0 Å². The molecule has 0 aromatic heterocycles. The van der Waals surface area contributed by atoms with E-state index in [0.29, 0.717) is 6.54 Å². The Kier molecular flexibility index (Phi) is 4.24. The molecule has 3 N–H and O–H groups in total. The van der Waals surface area contributed by atoms with Gasteiger partial charge in [0.15, 0.2) is 0 Å². The summed E-state index contributed by atoms with van der Waals surface area (Å²) < 4.78 is 10.4. The summed E-state index contributed by atoms with van der Waals surface area (Å²) >= 11 is 0. The number of benzene rings is 1. The van der Waals surface area contributed by atoms with E-state index in [0.717, 1.165) is 17.2 Å². The Morgan fingerprint density at radius 3 is 2.60 bits per heavy atom. The first-order valence-corrected chi connectivity index (χ1v) is 4.90. The van der Waals surface area contributed by atoms with Gasteiger partial charge in [0.1, 0.15) is 11.5 Å². The van der Waals surface area contributed by atoms with Crippen LogP contribution in [-0.2, 0) is 0 Å². The fourth-order valence-corrected chi connectivity index (χ4v) is 1.24. The number of hydrogen-bond acceptors (Lipinski definition) is 4. The molecule has 0 aliphatic rings. The number of ether oxygens (including phenoxy) is 2. The van der Waals surface area contributed by atoms with Gasteiger partial charge in [-0.2, -0.15) is 0 Å². The Labute approximate surface area is 90.4 Å². The van der Waals surface area contributed by atoms with Crippen molar-refractivity contribution in [3.05, 3.63) is 18.2 Å². The molecule has 0 bridgehead atoms. The number of nitrogens with two attached hydrogens (primary N) is 1. The third kappa shape index (κ3) is 3.02. The molecule has 0 amide bonds. The minimum Gasteiger partial charge on any atom is -0.497 e. The lowest BCUT2D eigenvalue weighted by Crippen LogP contribution is -2.25. The molecule has 0 saturated carbocycles. The van der Waals surface area contributed by atoms with Gasteiger partial charge in [0.25, 0.3) is 0 Å². The molecule has 0 aliphatic carbocycles. The number of hydrogen-bond donors (Lipinski definition) is 2. The molecule has 1 aromatic carbocycles. The van der Waals surface area contributed by atoms with E-state index in [2.05, 4.69) is 5.32 Å². The minimum absolute atomic E-state index is 0.215. The Morgan fingerprint density at radius 1 is 1.33 bits per heavy atom. The largest absolute Gasteiger partial charge is 0.497 e. The van der Waals surface area contributed by atoms with Crippen molar-refractivity contribution in [1.29, 1.82) is 0 Å². The standard InChI is InChI=1S/C11H18N2O2/c1-8(7-12)13-10-5-4-9(14-2)6-11(10)15-3/h4-6,8,13H,7,12H2,1-3H3. The normalized spacial score (nSPS) is 12.0. The molecule has 15 heavy (non-hydrogen) atoms. The van der Waals surface area contributed by atoms with E-state index >= 15 is 0 Å². The third-order valence-corrected chi connectivity index (χ3v) is 2.16. The molecular formula is C11H18N2O2. The minimum atomic E-state index is 0.215. The second kappa shape index (κ2) is 5.46. The quantitative estimate of drug-likeness (QED) is 0.772. The van der Waals surface area contributed by atoms with E-state index < -0.39 is 0 Å². The van der Waals surface area contributed by atoms with Crippen molar-refractivity contribution >= 4 is 5.69 Å². The van der Waals surface area contributed by atoms with Gasteiger partial charge in [0.05, 0.1) is 19.9 Å². The lowest BCUT2D eigenvalue weighted by Gasteiger charge is -2.16. The van der Waals surface area contributed by atoms with Crippen LogP contribution in [0.15, 0.2) is 18.2 Å². The lowest BCUT2D eigenvalue weighted by atomic mass is 10.2. The summed E-state index contributed by atoms with van der Waals surface area (Å²) in [6, 6.07) is 5.86. The predicted octanol–water partition coefficient (Wildman–Crippen LogP) is 1.46. The van der Waals surface area contributed by atoms with Crippen molar-refractivity contribution < 1.29 is 9.47 Å². The summed E-state index contributed by atoms with van der Waals surface area (Å²) in [6.45, 7) is 2.60. The first kappa shape index (κ1) is 11.7. The summed E-state index contributed by atoms with van der Waals surface area (Å²) in [5.74, 6) is 1.53. The highest BCUT2D eigenvalue weighted by molar-refractivity contribution is 5.59. The van der Waals surface area contributed by atoms with E-state index in [1.807, 2.05) is 25.1 Å². The molecule has 0 fully saturated rings. The summed E-state index contributed by atoms with van der Waals surface area (Å²) in [5.41, 5.74) is 6.47. The molecule has 1 aromatic rings. The lowest BCUT2D eigenvalue weighted by molar-refractivity contribution is 0.395. The van der Waals surface area contributed by atoms with Gasteiger partial charge < -0.3 is 20.5 Å². The molecule has 0 radical (unpaired) electrons. The maximum absolute atomic E-state index is 5.54. The average molecular weight is 210 g/mol. The fourth-order valence-electron chi connectivity index (χ4n) is 1.24. The monoisotopic (exact) mass is 210 g/mol. The van der Waals surface area contributed by atoms with Crippen molar-refractivity contribution in [3.8, 4) is 11.5 Å². The zero-order valence-corrected chi connectivity index (χ0v) is 9.41. The van der Waals surface area contributed by atoms with Crippen LogP contribution < -0.4 is 20.5 Å². The van der Waals surface area contributed by atoms with Gasteiger partial charge in [0.2, 0.25) is 0 Å². The number of anilines is 1. The van der Waals surface area contributed by atoms with Gasteiger partial charge in [-0.1, -0.05) is 0 Å². The van der Waals surface area contributed by atoms with Crippen molar-refractivity contribution in [1.82, 2.24) is 0 Å². The molecule has 1 rings (SSSR count). The van der Waals surface area contributed by atoms with Crippen molar-refractivity contribution in [2.45, 2.75) is 13.0 Å². The molecule has 1 unspecified atom stereocenters. The van der Waals surface area contributed by atoms with Gasteiger partial charge >= 0.3 is 0 Å². The first-order chi connectivity index (χ1) is 7.21. The maximum Gasteiger partial charge on any atom is 0.145 e. The van der Waals surface area contributed by atoms with Crippen LogP contribution in [-0.4, -0.2) is 26.8 Å². The topological polar surface area (TPSA) is 56.5 Å². The number of methoxy groups -OCH3 is 2. The molecule has 4 nitrogen and oxygen atoms in total. The second-order valence-electron chi connectivity index (χ2n) is 3.35. The van der Waals surface area contributed by atoms with Crippen LogP contribution in [0.1, 0.15) is 6.92 Å². The van der Waals surface area contributed by atoms with Crippen molar-refractivity contribution in [2.75, 3.05) is 26.1 Å². The van der Waals surface area contributed by atoms with Crippen molar-refractivity contribution in [2.24, 2.45) is 5.73 Å². The van der Waals surface area contributed by atoms with E-state index in [1.54, 1.807) is 14.2 Å². The highest BCUT2D eigenvalue weighted by atomic mass is 16.5. The Bertz CT molecular complexity index is 315. The molecule has 1 atom stereocenters. The summed E-state index contributed by atoms with van der Waals surface area (Å²) in [7, 11) is 3.26. The van der Waals surface area contributed by atoms with Crippen LogP contribution in [0.25, 0.3) is 0 Å². The van der Waals surface area contributed by atoms with E-state index in [4.69, 9.17) is 15.2 Å². The van der Waals surface area contributed by atoms with Gasteiger partial charge in [-0.15, -0.1) is 0 Å². The SMILES string of the molecule is COc1ccc(NC(C)CN)c(OC)c1. The third-order valence-electron chi connectivity index (χ3n) is 2.16. The van der Waals surface area contributed by atoms with Gasteiger partial charge in [-0.05, 0) is 19.1 Å². The van der Waals surface area contributed by atoms with Crippen LogP contribution in [0.2, 0.25) is 0 Å². The van der Waals surface area contributed by atoms with Crippen LogP contribution >= 0.6 is 0 Å². The smallest absolute Gasteiger partial charge is 0.145 e. The first-order valence-electron chi connectivity index (χ1n) is 4.90. The van der Waals surface area contributed by atoms with Gasteiger partial charge in [-0.3, -0.25) is 0 Å².